The Balaban J connectivity index is 3.77. The molecule has 0 aliphatic carbocycles. The largest absolute Gasteiger partial charge is 0.414 e. The Labute approximate surface area is 145 Å². The molecule has 1 atom stereocenters. The molecule has 1 aromatic carbocycles. The Bertz CT molecular complexity index is 822. The number of benzene rings is 1. The molecule has 0 radical (unpaired) electrons. The molecule has 0 fully saturated rings. The van der Waals surface area contributed by atoms with Crippen LogP contribution in [0.3, 0.4) is 0 Å². The van der Waals surface area contributed by atoms with E-state index in [0.29, 0.717) is 12.1 Å². The second kappa shape index (κ2) is 7.53. The maximum atomic E-state index is 12.6. The van der Waals surface area contributed by atoms with Crippen molar-refractivity contribution >= 4 is 21.2 Å². The molecule has 26 heavy (non-hydrogen) atoms. The first kappa shape index (κ1) is 21.8. The molecule has 146 valence electrons. The highest BCUT2D eigenvalue weighted by atomic mass is 32.2. The molecule has 0 aliphatic heterocycles. The number of nitrogens with zero attached hydrogens (tertiary/aromatic N) is 2. The van der Waals surface area contributed by atoms with Crippen molar-refractivity contribution in [2.24, 2.45) is 5.92 Å². The summed E-state index contributed by atoms with van der Waals surface area (Å²) in [5.41, 5.74) is -3.06. The van der Waals surface area contributed by atoms with Crippen LogP contribution in [0.1, 0.15) is 19.4 Å². The number of hydrogen-bond donors (Lipinski definition) is 1. The number of sulfone groups is 1. The summed E-state index contributed by atoms with van der Waals surface area (Å²) >= 11 is 0. The van der Waals surface area contributed by atoms with Crippen molar-refractivity contribution in [3.8, 4) is 0 Å². The van der Waals surface area contributed by atoms with Gasteiger partial charge in [-0.2, -0.15) is 13.2 Å². The van der Waals surface area contributed by atoms with Gasteiger partial charge in [0.2, 0.25) is 0 Å². The van der Waals surface area contributed by atoms with Crippen molar-refractivity contribution in [1.29, 1.82) is 0 Å². The van der Waals surface area contributed by atoms with E-state index in [2.05, 4.69) is 0 Å². The number of nitro groups is 2. The molecule has 0 aromatic heterocycles. The lowest BCUT2D eigenvalue weighted by molar-refractivity contribution is -0.395. The SMILES string of the molecule is CC(C)CS(=O)(=O)c1cc([N+](=O)[O-])cc([N+](=O)[O-])c1CC(O)C(F)(F)F. The molecule has 0 bridgehead atoms. The Morgan fingerprint density at radius 1 is 1.15 bits per heavy atom. The number of aliphatic hydroxyl groups excluding tert-OH is 1. The van der Waals surface area contributed by atoms with Crippen LogP contribution in [0.15, 0.2) is 17.0 Å². The molecule has 13 heteroatoms. The van der Waals surface area contributed by atoms with Crippen LogP contribution in [-0.2, 0) is 16.3 Å². The fourth-order valence-electron chi connectivity index (χ4n) is 2.21. The zero-order chi connectivity index (χ0) is 20.4. The minimum absolute atomic E-state index is 0.368. The normalized spacial score (nSPS) is 13.7. The predicted octanol–water partition coefficient (Wildman–Crippen LogP) is 2.40. The first-order chi connectivity index (χ1) is 11.7. The number of nitro benzene ring substituents is 2. The molecule has 1 N–H and O–H groups in total. The second-order valence-electron chi connectivity index (χ2n) is 5.89. The Morgan fingerprint density at radius 3 is 2.08 bits per heavy atom. The van der Waals surface area contributed by atoms with E-state index in [1.807, 2.05) is 0 Å². The molecule has 0 amide bonds. The fourth-order valence-corrected chi connectivity index (χ4v) is 4.13. The van der Waals surface area contributed by atoms with Gasteiger partial charge in [0.15, 0.2) is 15.9 Å². The number of non-ortho nitro benzene ring substituents is 1. The predicted molar refractivity (Wildman–Crippen MR) is 82.4 cm³/mol. The van der Waals surface area contributed by atoms with E-state index in [0.717, 1.165) is 0 Å². The van der Waals surface area contributed by atoms with Crippen molar-refractivity contribution < 1.29 is 36.5 Å². The van der Waals surface area contributed by atoms with Crippen LogP contribution >= 0.6 is 0 Å². The number of halogens is 3. The first-order valence-corrected chi connectivity index (χ1v) is 8.75. The summed E-state index contributed by atoms with van der Waals surface area (Å²) < 4.78 is 62.8. The summed E-state index contributed by atoms with van der Waals surface area (Å²) in [5, 5.41) is 31.3. The van der Waals surface area contributed by atoms with Gasteiger partial charge in [0.05, 0.1) is 32.1 Å². The third-order valence-corrected chi connectivity index (χ3v) is 5.38. The van der Waals surface area contributed by atoms with Gasteiger partial charge in [-0.1, -0.05) is 13.8 Å². The fraction of sp³-hybridized carbons (Fsp3) is 0.538. The summed E-state index contributed by atoms with van der Waals surface area (Å²) in [6.07, 6.45) is -9.66. The highest BCUT2D eigenvalue weighted by molar-refractivity contribution is 7.91. The third-order valence-electron chi connectivity index (χ3n) is 3.24. The number of aliphatic hydroxyl groups is 1. The van der Waals surface area contributed by atoms with Crippen LogP contribution in [-0.4, -0.2) is 41.4 Å². The molecule has 9 nitrogen and oxygen atoms in total. The maximum absolute atomic E-state index is 12.6. The van der Waals surface area contributed by atoms with Crippen molar-refractivity contribution in [2.45, 2.75) is 37.4 Å². The smallest absolute Gasteiger partial charge is 0.383 e. The molecular weight excluding hydrogens is 385 g/mol. The zero-order valence-corrected chi connectivity index (χ0v) is 14.4. The molecule has 1 rings (SSSR count). The number of alkyl halides is 3. The van der Waals surface area contributed by atoms with Gasteiger partial charge < -0.3 is 5.11 Å². The molecule has 0 aliphatic rings. The van der Waals surface area contributed by atoms with E-state index in [9.17, 15) is 46.9 Å². The van der Waals surface area contributed by atoms with E-state index < -0.39 is 71.9 Å². The lowest BCUT2D eigenvalue weighted by Gasteiger charge is -2.17. The highest BCUT2D eigenvalue weighted by Crippen LogP contribution is 2.35. The van der Waals surface area contributed by atoms with Crippen molar-refractivity contribution in [3.63, 3.8) is 0 Å². The first-order valence-electron chi connectivity index (χ1n) is 7.10. The number of hydrogen-bond acceptors (Lipinski definition) is 7. The van der Waals surface area contributed by atoms with Gasteiger partial charge in [0.25, 0.3) is 11.4 Å². The minimum atomic E-state index is -5.16. The lowest BCUT2D eigenvalue weighted by Crippen LogP contribution is -2.31. The molecule has 0 spiro atoms. The average Bonchev–Trinajstić information content (AvgIpc) is 2.43. The van der Waals surface area contributed by atoms with Gasteiger partial charge in [0.1, 0.15) is 0 Å². The third kappa shape index (κ3) is 5.11. The Morgan fingerprint density at radius 2 is 1.69 bits per heavy atom. The van der Waals surface area contributed by atoms with Gasteiger partial charge in [-0.3, -0.25) is 20.2 Å². The topological polar surface area (TPSA) is 141 Å². The summed E-state index contributed by atoms with van der Waals surface area (Å²) in [4.78, 5) is 18.8. The summed E-state index contributed by atoms with van der Waals surface area (Å²) in [7, 11) is -4.38. The van der Waals surface area contributed by atoms with Crippen LogP contribution < -0.4 is 0 Å². The Kier molecular flexibility index (Phi) is 6.31. The maximum Gasteiger partial charge on any atom is 0.414 e. The van der Waals surface area contributed by atoms with Gasteiger partial charge in [-0.25, -0.2) is 8.42 Å². The quantitative estimate of drug-likeness (QED) is 0.547. The van der Waals surface area contributed by atoms with Crippen LogP contribution in [0, 0.1) is 26.1 Å². The van der Waals surface area contributed by atoms with Crippen molar-refractivity contribution in [1.82, 2.24) is 0 Å². The minimum Gasteiger partial charge on any atom is -0.383 e. The Hall–Kier alpha value is -2.28. The summed E-state index contributed by atoms with van der Waals surface area (Å²) in [5.74, 6) is -1.10. The average molecular weight is 400 g/mol. The highest BCUT2D eigenvalue weighted by Gasteiger charge is 2.41. The van der Waals surface area contributed by atoms with Crippen molar-refractivity contribution in [2.75, 3.05) is 5.75 Å². The van der Waals surface area contributed by atoms with Gasteiger partial charge >= 0.3 is 6.18 Å². The zero-order valence-electron chi connectivity index (χ0n) is 13.6. The van der Waals surface area contributed by atoms with Crippen LogP contribution in [0.2, 0.25) is 0 Å². The monoisotopic (exact) mass is 400 g/mol. The van der Waals surface area contributed by atoms with Gasteiger partial charge in [-0.15, -0.1) is 0 Å². The molecule has 0 saturated heterocycles. The summed E-state index contributed by atoms with van der Waals surface area (Å²) in [6.45, 7) is 2.96. The molecule has 1 aromatic rings. The van der Waals surface area contributed by atoms with Crippen molar-refractivity contribution in [3.05, 3.63) is 37.9 Å². The summed E-state index contributed by atoms with van der Waals surface area (Å²) in [6, 6.07) is 0.843. The standard InChI is InChI=1S/C13H15F3N2O7S/c1-7(2)6-26(24,25)11-4-8(17(20)21)3-10(18(22)23)9(11)5-12(19)13(14,15)16/h3-4,7,12,19H,5-6H2,1-2H3. The molecular formula is C13H15F3N2O7S. The number of rotatable bonds is 7. The van der Waals surface area contributed by atoms with Gasteiger partial charge in [-0.05, 0) is 5.92 Å². The van der Waals surface area contributed by atoms with Crippen LogP contribution in [0.5, 0.6) is 0 Å². The van der Waals surface area contributed by atoms with Crippen LogP contribution in [0.4, 0.5) is 24.5 Å². The van der Waals surface area contributed by atoms with E-state index in [1.165, 1.54) is 13.8 Å². The van der Waals surface area contributed by atoms with E-state index in [4.69, 9.17) is 0 Å². The van der Waals surface area contributed by atoms with E-state index in [-0.39, 0.29) is 0 Å². The second-order valence-corrected chi connectivity index (χ2v) is 7.90. The lowest BCUT2D eigenvalue weighted by atomic mass is 10.0. The molecule has 0 heterocycles. The molecule has 1 unspecified atom stereocenters. The van der Waals surface area contributed by atoms with E-state index in [1.54, 1.807) is 0 Å². The molecule has 0 saturated carbocycles. The van der Waals surface area contributed by atoms with Crippen LogP contribution in [0.25, 0.3) is 0 Å². The van der Waals surface area contributed by atoms with E-state index >= 15 is 0 Å². The van der Waals surface area contributed by atoms with Gasteiger partial charge in [0, 0.05) is 12.5 Å².